The lowest BCUT2D eigenvalue weighted by Gasteiger charge is -2.12. The molecule has 0 saturated carbocycles. The predicted molar refractivity (Wildman–Crippen MR) is 113 cm³/mol. The zero-order valence-electron chi connectivity index (χ0n) is 15.8. The molecule has 6 nitrogen and oxygen atoms in total. The van der Waals surface area contributed by atoms with E-state index in [0.29, 0.717) is 11.3 Å². The number of hydrogen-bond donors (Lipinski definition) is 2. The number of nitrogens with zero attached hydrogens (tertiary/aromatic N) is 1. The van der Waals surface area contributed by atoms with Crippen molar-refractivity contribution in [1.29, 1.82) is 0 Å². The van der Waals surface area contributed by atoms with Crippen molar-refractivity contribution in [3.8, 4) is 16.9 Å². The second-order valence-electron chi connectivity index (χ2n) is 6.39. The van der Waals surface area contributed by atoms with Crippen LogP contribution in [0.2, 0.25) is 0 Å². The largest absolute Gasteiger partial charge is 0.497 e. The Kier molecular flexibility index (Phi) is 4.99. The molecule has 4 aromatic rings. The summed E-state index contributed by atoms with van der Waals surface area (Å²) in [7, 11) is 1.63. The minimum absolute atomic E-state index is 0.252. The average molecular weight is 385 g/mol. The first-order valence-electron chi connectivity index (χ1n) is 8.99. The van der Waals surface area contributed by atoms with Crippen LogP contribution in [0.4, 0.5) is 17.1 Å². The number of nitrogen functional groups attached to an aromatic ring is 1. The van der Waals surface area contributed by atoms with Gasteiger partial charge in [0.1, 0.15) is 5.75 Å². The van der Waals surface area contributed by atoms with Crippen LogP contribution in [0.15, 0.2) is 83.7 Å². The van der Waals surface area contributed by atoms with E-state index < -0.39 is 0 Å². The van der Waals surface area contributed by atoms with E-state index in [1.54, 1.807) is 43.8 Å². The van der Waals surface area contributed by atoms with Crippen LogP contribution in [-0.2, 0) is 0 Å². The summed E-state index contributed by atoms with van der Waals surface area (Å²) in [5.74, 6) is 0.782. The van der Waals surface area contributed by atoms with Gasteiger partial charge in [-0.25, -0.2) is 0 Å². The molecule has 0 bridgehead atoms. The highest BCUT2D eigenvalue weighted by atomic mass is 16.5. The molecule has 2 aromatic carbocycles. The normalized spacial score (nSPS) is 10.5. The molecule has 0 fully saturated rings. The van der Waals surface area contributed by atoms with Crippen molar-refractivity contribution in [2.24, 2.45) is 0 Å². The number of para-hydroxylation sites is 1. The summed E-state index contributed by atoms with van der Waals surface area (Å²) in [6.45, 7) is 0. The Morgan fingerprint density at radius 1 is 1.03 bits per heavy atom. The van der Waals surface area contributed by atoms with Crippen LogP contribution in [0.1, 0.15) is 16.1 Å². The molecule has 0 aliphatic heterocycles. The predicted octanol–water partition coefficient (Wildman–Crippen LogP) is 4.91. The molecule has 0 aliphatic carbocycles. The summed E-state index contributed by atoms with van der Waals surface area (Å²) in [5, 5.41) is 3.30. The maximum atomic E-state index is 12.7. The summed E-state index contributed by atoms with van der Waals surface area (Å²) in [6, 6.07) is 18.2. The summed E-state index contributed by atoms with van der Waals surface area (Å²) in [5.41, 5.74) is 10.3. The maximum Gasteiger partial charge on any atom is 0.230 e. The van der Waals surface area contributed by atoms with Crippen molar-refractivity contribution in [2.45, 2.75) is 0 Å². The Morgan fingerprint density at radius 3 is 2.59 bits per heavy atom. The first-order chi connectivity index (χ1) is 14.2. The number of ether oxygens (including phenoxy) is 1. The number of nitrogens with two attached hydrogens (primary N) is 1. The van der Waals surface area contributed by atoms with Crippen LogP contribution in [0, 0.1) is 0 Å². The van der Waals surface area contributed by atoms with Gasteiger partial charge in [-0.2, -0.15) is 0 Å². The van der Waals surface area contributed by atoms with E-state index in [1.165, 1.54) is 6.26 Å². The lowest BCUT2D eigenvalue weighted by Crippen LogP contribution is -2.05. The van der Waals surface area contributed by atoms with Crippen molar-refractivity contribution < 1.29 is 13.9 Å². The number of aromatic nitrogens is 1. The number of furan rings is 1. The quantitative estimate of drug-likeness (QED) is 0.362. The van der Waals surface area contributed by atoms with E-state index >= 15 is 0 Å². The zero-order chi connectivity index (χ0) is 20.2. The molecule has 144 valence electrons. The van der Waals surface area contributed by atoms with Crippen LogP contribution in [0.25, 0.3) is 11.1 Å². The van der Waals surface area contributed by atoms with Crippen LogP contribution in [0.3, 0.4) is 0 Å². The Morgan fingerprint density at radius 2 is 1.86 bits per heavy atom. The molecule has 6 heteroatoms. The first-order valence-corrected chi connectivity index (χ1v) is 8.99. The number of methoxy groups -OCH3 is 1. The second kappa shape index (κ2) is 7.90. The molecule has 0 radical (unpaired) electrons. The molecule has 2 aromatic heterocycles. The fraction of sp³-hybridized carbons (Fsp3) is 0.0435. The molecule has 3 N–H and O–H groups in total. The summed E-state index contributed by atoms with van der Waals surface area (Å²) < 4.78 is 10.4. The van der Waals surface area contributed by atoms with Gasteiger partial charge in [0.15, 0.2) is 5.76 Å². The Bertz CT molecular complexity index is 1140. The smallest absolute Gasteiger partial charge is 0.230 e. The molecule has 0 unspecified atom stereocenters. The van der Waals surface area contributed by atoms with Gasteiger partial charge in [-0.05, 0) is 48.5 Å². The van der Waals surface area contributed by atoms with Gasteiger partial charge >= 0.3 is 0 Å². The van der Waals surface area contributed by atoms with Gasteiger partial charge in [0.25, 0.3) is 0 Å². The highest BCUT2D eigenvalue weighted by Gasteiger charge is 2.17. The number of hydrogen-bond acceptors (Lipinski definition) is 6. The van der Waals surface area contributed by atoms with Crippen molar-refractivity contribution in [2.75, 3.05) is 18.2 Å². The number of ketones is 1. The summed E-state index contributed by atoms with van der Waals surface area (Å²) in [6.07, 6.45) is 4.90. The highest BCUT2D eigenvalue weighted by molar-refractivity contribution is 6.12. The van der Waals surface area contributed by atoms with Gasteiger partial charge in [0.2, 0.25) is 5.78 Å². The van der Waals surface area contributed by atoms with Gasteiger partial charge in [0.05, 0.1) is 30.9 Å². The minimum Gasteiger partial charge on any atom is -0.497 e. The standard InChI is InChI=1S/C23H19N3O3/c1-28-18-9-7-16(8-10-18)26-17-12-15(13-25-14-17)19-4-2-5-20(22(19)24)23(27)21-6-3-11-29-21/h2-14,26H,24H2,1H3. The van der Waals surface area contributed by atoms with Crippen LogP contribution in [-0.4, -0.2) is 17.9 Å². The van der Waals surface area contributed by atoms with Crippen molar-refractivity contribution in [1.82, 2.24) is 4.98 Å². The number of nitrogens with one attached hydrogen (secondary N) is 1. The number of carbonyl (C=O) groups is 1. The molecule has 0 amide bonds. The molecule has 2 heterocycles. The third kappa shape index (κ3) is 3.82. The molecular weight excluding hydrogens is 366 g/mol. The number of rotatable bonds is 6. The number of pyridine rings is 1. The van der Waals surface area contributed by atoms with Crippen molar-refractivity contribution in [3.63, 3.8) is 0 Å². The minimum atomic E-state index is -0.255. The number of anilines is 3. The van der Waals surface area contributed by atoms with E-state index in [4.69, 9.17) is 14.9 Å². The van der Waals surface area contributed by atoms with E-state index in [0.717, 1.165) is 28.3 Å². The SMILES string of the molecule is COc1ccc(Nc2cncc(-c3cccc(C(=O)c4ccco4)c3N)c2)cc1. The Hall–Kier alpha value is -4.06. The fourth-order valence-electron chi connectivity index (χ4n) is 3.05. The monoisotopic (exact) mass is 385 g/mol. The van der Waals surface area contributed by atoms with E-state index in [-0.39, 0.29) is 11.5 Å². The molecule has 0 saturated heterocycles. The van der Waals surface area contributed by atoms with Crippen molar-refractivity contribution >= 4 is 22.8 Å². The fourth-order valence-corrected chi connectivity index (χ4v) is 3.05. The molecule has 4 rings (SSSR count). The van der Waals surface area contributed by atoms with Crippen molar-refractivity contribution in [3.05, 3.63) is 90.6 Å². The lowest BCUT2D eigenvalue weighted by molar-refractivity contribution is 0.101. The zero-order valence-corrected chi connectivity index (χ0v) is 15.8. The van der Waals surface area contributed by atoms with Gasteiger partial charge in [-0.15, -0.1) is 0 Å². The second-order valence-corrected chi connectivity index (χ2v) is 6.39. The summed E-state index contributed by atoms with van der Waals surface area (Å²) >= 11 is 0. The lowest BCUT2D eigenvalue weighted by atomic mass is 9.98. The highest BCUT2D eigenvalue weighted by Crippen LogP contribution is 2.31. The van der Waals surface area contributed by atoms with Crippen LogP contribution < -0.4 is 15.8 Å². The van der Waals surface area contributed by atoms with Gasteiger partial charge in [-0.3, -0.25) is 9.78 Å². The first kappa shape index (κ1) is 18.3. The summed E-state index contributed by atoms with van der Waals surface area (Å²) in [4.78, 5) is 17.0. The molecule has 29 heavy (non-hydrogen) atoms. The number of carbonyl (C=O) groups excluding carboxylic acids is 1. The Labute approximate surface area is 168 Å². The topological polar surface area (TPSA) is 90.4 Å². The molecule has 0 atom stereocenters. The third-order valence-electron chi connectivity index (χ3n) is 4.52. The molecule has 0 aliphatic rings. The average Bonchev–Trinajstić information content (AvgIpc) is 3.29. The van der Waals surface area contributed by atoms with Crippen LogP contribution in [0.5, 0.6) is 5.75 Å². The maximum absolute atomic E-state index is 12.7. The van der Waals surface area contributed by atoms with Gasteiger partial charge < -0.3 is 20.2 Å². The van der Waals surface area contributed by atoms with E-state index in [2.05, 4.69) is 10.3 Å². The van der Waals surface area contributed by atoms with Crippen LogP contribution >= 0.6 is 0 Å². The molecule has 0 spiro atoms. The number of benzene rings is 2. The van der Waals surface area contributed by atoms with E-state index in [1.807, 2.05) is 36.4 Å². The molecular formula is C23H19N3O3. The Balaban J connectivity index is 1.64. The van der Waals surface area contributed by atoms with Gasteiger partial charge in [0, 0.05) is 28.6 Å². The van der Waals surface area contributed by atoms with E-state index in [9.17, 15) is 4.79 Å². The third-order valence-corrected chi connectivity index (χ3v) is 4.52. The van der Waals surface area contributed by atoms with Gasteiger partial charge in [-0.1, -0.05) is 12.1 Å².